The Kier molecular flexibility index (Phi) is 10.1. The molecular formula is C38H52FN7O2. The van der Waals surface area contributed by atoms with E-state index in [0.29, 0.717) is 30.6 Å². The first-order valence-corrected chi connectivity index (χ1v) is 18.5. The molecule has 4 aliphatic rings. The minimum absolute atomic E-state index is 0.0297. The number of aromatic nitrogens is 4. The van der Waals surface area contributed by atoms with Crippen LogP contribution in [-0.2, 0) is 31.2 Å². The Bertz CT molecular complexity index is 1550. The Hall–Kier alpha value is -3.37. The van der Waals surface area contributed by atoms with Gasteiger partial charge in [-0.25, -0.2) is 14.4 Å². The number of carboxylic acids is 1. The number of aryl methyl sites for hydroxylation is 2. The molecule has 3 aromatic rings. The summed E-state index contributed by atoms with van der Waals surface area (Å²) in [4.78, 5) is 24.7. The first kappa shape index (κ1) is 33.1. The van der Waals surface area contributed by atoms with E-state index in [9.17, 15) is 14.3 Å². The predicted octanol–water partition coefficient (Wildman–Crippen LogP) is 6.55. The lowest BCUT2D eigenvalue weighted by Gasteiger charge is -2.37. The number of rotatable bonds is 12. The van der Waals surface area contributed by atoms with Gasteiger partial charge in [0, 0.05) is 54.7 Å². The van der Waals surface area contributed by atoms with Crippen LogP contribution in [0.5, 0.6) is 0 Å². The second-order valence-corrected chi connectivity index (χ2v) is 14.9. The van der Waals surface area contributed by atoms with Gasteiger partial charge >= 0.3 is 5.97 Å². The molecule has 0 spiro atoms. The summed E-state index contributed by atoms with van der Waals surface area (Å²) in [5.74, 6) is 1.30. The van der Waals surface area contributed by atoms with Gasteiger partial charge in [-0.05, 0) is 107 Å². The number of anilines is 1. The number of carboxylic acid groups (broad SMARTS) is 1. The summed E-state index contributed by atoms with van der Waals surface area (Å²) < 4.78 is 16.2. The third-order valence-corrected chi connectivity index (χ3v) is 12.0. The van der Waals surface area contributed by atoms with Crippen molar-refractivity contribution in [2.45, 2.75) is 127 Å². The van der Waals surface area contributed by atoms with Crippen LogP contribution in [0.3, 0.4) is 0 Å². The summed E-state index contributed by atoms with van der Waals surface area (Å²) in [5, 5.41) is 21.8. The van der Waals surface area contributed by atoms with Crippen molar-refractivity contribution in [2.75, 3.05) is 11.9 Å². The molecular weight excluding hydrogens is 605 g/mol. The van der Waals surface area contributed by atoms with Gasteiger partial charge in [0.1, 0.15) is 17.5 Å². The van der Waals surface area contributed by atoms with Gasteiger partial charge in [0.25, 0.3) is 0 Å². The highest BCUT2D eigenvalue weighted by molar-refractivity contribution is 5.70. The molecule has 9 nitrogen and oxygen atoms in total. The van der Waals surface area contributed by atoms with E-state index in [1.54, 1.807) is 6.07 Å². The Morgan fingerprint density at radius 2 is 1.85 bits per heavy atom. The molecule has 258 valence electrons. The van der Waals surface area contributed by atoms with E-state index in [0.717, 1.165) is 91.9 Å². The average Bonchev–Trinajstić information content (AvgIpc) is 3.61. The zero-order chi connectivity index (χ0) is 33.2. The maximum Gasteiger partial charge on any atom is 0.306 e. The molecule has 2 bridgehead atoms. The van der Waals surface area contributed by atoms with E-state index in [4.69, 9.17) is 9.97 Å². The fourth-order valence-corrected chi connectivity index (χ4v) is 9.29. The van der Waals surface area contributed by atoms with Crippen LogP contribution in [0.25, 0.3) is 0 Å². The molecule has 0 radical (unpaired) electrons. The molecule has 5 atom stereocenters. The third-order valence-electron chi connectivity index (χ3n) is 12.0. The van der Waals surface area contributed by atoms with Crippen molar-refractivity contribution in [3.8, 4) is 0 Å². The highest BCUT2D eigenvalue weighted by Crippen LogP contribution is 2.39. The summed E-state index contributed by atoms with van der Waals surface area (Å²) in [6.07, 6.45) is 17.5. The monoisotopic (exact) mass is 657 g/mol. The van der Waals surface area contributed by atoms with Gasteiger partial charge < -0.3 is 15.7 Å². The van der Waals surface area contributed by atoms with E-state index < -0.39 is 5.97 Å². The van der Waals surface area contributed by atoms with Crippen LogP contribution < -0.4 is 10.6 Å². The number of hydrogen-bond acceptors (Lipinski definition) is 7. The SMILES string of the molecule is CC[C@@H](NCc1nc2c(c(N[C@@H](CN3[C@@H]4CCC[C@@H]3CC4)c3cnn(C)c3)n1)C[C@H](c1cccc(F)c1)CC2)C1CCC(C(=O)O)CC1. The second-order valence-electron chi connectivity index (χ2n) is 14.9. The van der Waals surface area contributed by atoms with Crippen molar-refractivity contribution in [3.05, 3.63) is 70.7 Å². The normalized spacial score (nSPS) is 26.9. The van der Waals surface area contributed by atoms with Crippen LogP contribution in [-0.4, -0.2) is 60.4 Å². The summed E-state index contributed by atoms with van der Waals surface area (Å²) >= 11 is 0. The smallest absolute Gasteiger partial charge is 0.306 e. The van der Waals surface area contributed by atoms with Gasteiger partial charge in [0.05, 0.1) is 24.7 Å². The zero-order valence-corrected chi connectivity index (χ0v) is 28.6. The first-order valence-electron chi connectivity index (χ1n) is 18.5. The quantitative estimate of drug-likeness (QED) is 0.201. The highest BCUT2D eigenvalue weighted by atomic mass is 19.1. The molecule has 2 saturated heterocycles. The maximum absolute atomic E-state index is 14.3. The lowest BCUT2D eigenvalue weighted by molar-refractivity contribution is -0.143. The molecule has 3 N–H and O–H groups in total. The van der Waals surface area contributed by atoms with Crippen LogP contribution in [0.15, 0.2) is 36.7 Å². The summed E-state index contributed by atoms with van der Waals surface area (Å²) in [5.41, 5.74) is 4.44. The fourth-order valence-electron chi connectivity index (χ4n) is 9.29. The van der Waals surface area contributed by atoms with Gasteiger partial charge in [-0.15, -0.1) is 0 Å². The Morgan fingerprint density at radius 1 is 1.06 bits per heavy atom. The van der Waals surface area contributed by atoms with Gasteiger partial charge in [0.2, 0.25) is 0 Å². The van der Waals surface area contributed by atoms with Crippen molar-refractivity contribution in [1.82, 2.24) is 30.0 Å². The van der Waals surface area contributed by atoms with Gasteiger partial charge in [0.15, 0.2) is 0 Å². The number of aliphatic carboxylic acids is 1. The third kappa shape index (κ3) is 7.30. The van der Waals surface area contributed by atoms with Crippen LogP contribution in [0.2, 0.25) is 0 Å². The minimum atomic E-state index is -0.658. The molecule has 7 rings (SSSR count). The van der Waals surface area contributed by atoms with E-state index in [1.807, 2.05) is 30.1 Å². The molecule has 48 heavy (non-hydrogen) atoms. The Morgan fingerprint density at radius 3 is 2.54 bits per heavy atom. The second kappa shape index (κ2) is 14.6. The van der Waals surface area contributed by atoms with Gasteiger partial charge in [-0.2, -0.15) is 5.10 Å². The van der Waals surface area contributed by atoms with E-state index in [1.165, 1.54) is 38.2 Å². The minimum Gasteiger partial charge on any atom is -0.481 e. The number of nitrogens with zero attached hydrogens (tertiary/aromatic N) is 5. The van der Waals surface area contributed by atoms with Crippen LogP contribution in [0, 0.1) is 17.7 Å². The van der Waals surface area contributed by atoms with Crippen molar-refractivity contribution in [3.63, 3.8) is 0 Å². The number of nitrogens with one attached hydrogen (secondary N) is 2. The molecule has 1 saturated carbocycles. The Labute approximate surface area is 284 Å². The molecule has 2 aliphatic carbocycles. The molecule has 2 aliphatic heterocycles. The van der Waals surface area contributed by atoms with Gasteiger partial charge in [-0.1, -0.05) is 25.5 Å². The van der Waals surface area contributed by atoms with Crippen molar-refractivity contribution < 1.29 is 14.3 Å². The number of hydrogen-bond donors (Lipinski definition) is 3. The zero-order valence-electron chi connectivity index (χ0n) is 28.6. The maximum atomic E-state index is 14.3. The molecule has 4 heterocycles. The number of fused-ring (bicyclic) bond motifs is 3. The van der Waals surface area contributed by atoms with Crippen LogP contribution in [0.4, 0.5) is 10.2 Å². The highest BCUT2D eigenvalue weighted by Gasteiger charge is 2.38. The lowest BCUT2D eigenvalue weighted by Crippen LogP contribution is -2.43. The van der Waals surface area contributed by atoms with Gasteiger partial charge in [-0.3, -0.25) is 14.4 Å². The van der Waals surface area contributed by atoms with E-state index in [-0.39, 0.29) is 23.7 Å². The van der Waals surface area contributed by atoms with Crippen molar-refractivity contribution >= 4 is 11.8 Å². The van der Waals surface area contributed by atoms with Crippen molar-refractivity contribution in [2.24, 2.45) is 18.9 Å². The first-order chi connectivity index (χ1) is 23.3. The molecule has 0 unspecified atom stereocenters. The molecule has 10 heteroatoms. The largest absolute Gasteiger partial charge is 0.481 e. The number of benzene rings is 1. The summed E-state index contributed by atoms with van der Waals surface area (Å²) in [6, 6.07) is 8.69. The standard InChI is InChI=1S/C38H52FN7O2/c1-3-33(24-10-12-25(13-11-24)38(47)48)40-21-36-42-34-17-14-27(26-6-4-7-29(39)18-26)19-32(34)37(44-36)43-35(28-20-41-45(2)22-28)23-46-30-8-5-9-31(46)16-15-30/h4,6-7,18,20,22,24-25,27,30-31,33,35,40H,3,5,8-17,19,21,23H2,1-2H3,(H,47,48)(H,42,43,44)/t24?,25?,27-,30-,31-,33-,35+/m1/s1. The van der Waals surface area contributed by atoms with Crippen LogP contribution >= 0.6 is 0 Å². The van der Waals surface area contributed by atoms with Crippen molar-refractivity contribution in [1.29, 1.82) is 0 Å². The molecule has 1 aromatic carbocycles. The Balaban J connectivity index is 1.16. The lowest BCUT2D eigenvalue weighted by atomic mass is 9.78. The molecule has 0 amide bonds. The van der Waals surface area contributed by atoms with E-state index in [2.05, 4.69) is 33.8 Å². The summed E-state index contributed by atoms with van der Waals surface area (Å²) in [7, 11) is 1.98. The predicted molar refractivity (Wildman–Crippen MR) is 184 cm³/mol. The van der Waals surface area contributed by atoms with Crippen LogP contribution in [0.1, 0.15) is 118 Å². The molecule has 2 aromatic heterocycles. The topological polar surface area (TPSA) is 108 Å². The van der Waals surface area contributed by atoms with E-state index >= 15 is 0 Å². The molecule has 3 fully saturated rings. The number of piperidine rings is 1. The number of halogens is 1. The summed E-state index contributed by atoms with van der Waals surface area (Å²) in [6.45, 7) is 3.69. The average molecular weight is 658 g/mol. The fraction of sp³-hybridized carbons (Fsp3) is 0.632. The number of carbonyl (C=O) groups is 1.